The summed E-state index contributed by atoms with van der Waals surface area (Å²) in [5, 5.41) is 0. The van der Waals surface area contributed by atoms with E-state index in [0.717, 1.165) is 0 Å². The largest absolute Gasteiger partial charge is 0.348 e. The number of likely N-dealkylation sites (N-methyl/N-ethyl adjacent to an activating group) is 1. The Balaban J connectivity index is 2.52. The molecule has 0 aliphatic heterocycles. The molecule has 3 rings (SSSR count). The van der Waals surface area contributed by atoms with Crippen LogP contribution < -0.4 is 0 Å². The zero-order chi connectivity index (χ0) is 25.2. The number of imidazole rings is 1. The molecule has 0 N–H and O–H groups in total. The molecule has 118 valence electrons. The number of carbonyl (C=O) groups is 1. The van der Waals surface area contributed by atoms with Crippen molar-refractivity contribution in [2.75, 3.05) is 14.1 Å². The highest BCUT2D eigenvalue weighted by molar-refractivity contribution is 5.81. The molecule has 1 amide bonds. The van der Waals surface area contributed by atoms with Crippen molar-refractivity contribution >= 4 is 11.6 Å². The second-order valence-corrected chi connectivity index (χ2v) is 5.27. The van der Waals surface area contributed by atoms with Crippen LogP contribution in [-0.4, -0.2) is 34.3 Å². The van der Waals surface area contributed by atoms with Crippen LogP contribution in [0.2, 0.25) is 0 Å². The van der Waals surface area contributed by atoms with Crippen LogP contribution in [0.5, 0.6) is 0 Å². The molecule has 0 bridgehead atoms. The molecular weight excluding hydrogens is 286 g/mol. The molecule has 0 atom stereocenters. The third-order valence-electron chi connectivity index (χ3n) is 3.29. The highest BCUT2D eigenvalue weighted by atomic mass is 16.2. The Morgan fingerprint density at radius 1 is 1.22 bits per heavy atom. The summed E-state index contributed by atoms with van der Waals surface area (Å²) in [6.45, 7) is -1.42. The first-order chi connectivity index (χ1) is 15.1. The maximum atomic E-state index is 12.6. The van der Waals surface area contributed by atoms with E-state index in [1.807, 2.05) is 0 Å². The lowest BCUT2D eigenvalue weighted by atomic mass is 10.1. The quantitative estimate of drug-likeness (QED) is 0.743. The molecule has 0 unspecified atom stereocenters. The number of carbonyl (C=O) groups excluding carboxylic acids is 1. The fourth-order valence-corrected chi connectivity index (χ4v) is 2.10. The maximum Gasteiger partial charge on any atom is 0.228 e. The lowest BCUT2D eigenvalue weighted by Gasteiger charge is -2.11. The van der Waals surface area contributed by atoms with E-state index in [1.54, 1.807) is 0 Å². The normalized spacial score (nSPS) is 17.7. The number of pyridine rings is 1. The molecule has 0 aliphatic carbocycles. The predicted molar refractivity (Wildman–Crippen MR) is 92.5 cm³/mol. The van der Waals surface area contributed by atoms with Gasteiger partial charge in [-0.15, -0.1) is 0 Å². The molecule has 23 heavy (non-hydrogen) atoms. The molecule has 0 spiro atoms. The van der Waals surface area contributed by atoms with Crippen LogP contribution in [-0.2, 0) is 11.2 Å². The highest BCUT2D eigenvalue weighted by Gasteiger charge is 2.18. The minimum atomic E-state index is -2.89. The number of hydrogen-bond acceptors (Lipinski definition) is 2. The topological polar surface area (TPSA) is 37.6 Å². The number of rotatable bonds is 3. The lowest BCUT2D eigenvalue weighted by Crippen LogP contribution is -2.24. The molecule has 0 saturated carbocycles. The van der Waals surface area contributed by atoms with Crippen LogP contribution in [0.3, 0.4) is 0 Å². The smallest absolute Gasteiger partial charge is 0.228 e. The number of amides is 1. The Morgan fingerprint density at radius 2 is 1.91 bits per heavy atom. The molecule has 4 nitrogen and oxygen atoms in total. The first-order valence-corrected chi connectivity index (χ1v) is 6.90. The SMILES string of the molecule is [2H]c1c([2H])c(C([2H])([2H])[2H])c([2H])c([2H])c1-c1nc2c([2H])c([2H])c(C)c([2H])n2c1CC(=O)N(C)C. The summed E-state index contributed by atoms with van der Waals surface area (Å²) in [5.41, 5.74) is -1.19. The Labute approximate surface area is 150 Å². The van der Waals surface area contributed by atoms with Crippen LogP contribution in [0.4, 0.5) is 0 Å². The van der Waals surface area contributed by atoms with Gasteiger partial charge in [0.15, 0.2) is 0 Å². The molecule has 0 fully saturated rings. The molecule has 0 saturated heterocycles. The third kappa shape index (κ3) is 2.97. The minimum Gasteiger partial charge on any atom is -0.348 e. The first kappa shape index (κ1) is 7.30. The Hall–Kier alpha value is -2.62. The number of fused-ring (bicyclic) bond motifs is 1. The number of aromatic nitrogens is 2. The van der Waals surface area contributed by atoms with Crippen molar-refractivity contribution in [1.29, 1.82) is 0 Å². The van der Waals surface area contributed by atoms with Crippen molar-refractivity contribution in [1.82, 2.24) is 14.3 Å². The van der Waals surface area contributed by atoms with E-state index in [4.69, 9.17) is 13.7 Å². The average Bonchev–Trinajstić information content (AvgIpc) is 3.07. The van der Waals surface area contributed by atoms with Crippen LogP contribution in [0, 0.1) is 13.8 Å². The highest BCUT2D eigenvalue weighted by Crippen LogP contribution is 2.26. The minimum absolute atomic E-state index is 0.0488. The summed E-state index contributed by atoms with van der Waals surface area (Å²) in [7, 11) is 3.02. The van der Waals surface area contributed by atoms with Gasteiger partial charge in [0.05, 0.1) is 27.4 Å². The van der Waals surface area contributed by atoms with Gasteiger partial charge in [-0.25, -0.2) is 4.98 Å². The Bertz CT molecular complexity index is 1280. The van der Waals surface area contributed by atoms with E-state index in [2.05, 4.69) is 4.98 Å². The van der Waals surface area contributed by atoms with Crippen molar-refractivity contribution in [2.24, 2.45) is 0 Å². The van der Waals surface area contributed by atoms with Crippen LogP contribution in [0.1, 0.15) is 30.5 Å². The van der Waals surface area contributed by atoms with Crippen molar-refractivity contribution in [3.63, 3.8) is 0 Å². The van der Waals surface area contributed by atoms with Gasteiger partial charge < -0.3 is 9.30 Å². The van der Waals surface area contributed by atoms with Gasteiger partial charge in [0.1, 0.15) is 5.65 Å². The van der Waals surface area contributed by atoms with Crippen LogP contribution >= 0.6 is 0 Å². The van der Waals surface area contributed by atoms with E-state index in [-0.39, 0.29) is 52.8 Å². The summed E-state index contributed by atoms with van der Waals surface area (Å²) in [6.07, 6.45) is -0.549. The Kier molecular flexibility index (Phi) is 1.87. The van der Waals surface area contributed by atoms with Gasteiger partial charge in [-0.3, -0.25) is 4.79 Å². The second-order valence-electron chi connectivity index (χ2n) is 5.27. The van der Waals surface area contributed by atoms with E-state index in [0.29, 0.717) is 0 Å². The van der Waals surface area contributed by atoms with Crippen molar-refractivity contribution < 1.29 is 18.5 Å². The molecule has 4 heteroatoms. The van der Waals surface area contributed by atoms with Crippen molar-refractivity contribution in [3.8, 4) is 11.3 Å². The third-order valence-corrected chi connectivity index (χ3v) is 3.29. The maximum absolute atomic E-state index is 12.6. The molecule has 2 heterocycles. The van der Waals surface area contributed by atoms with Gasteiger partial charge in [-0.1, -0.05) is 35.8 Å². The number of nitrogens with zero attached hydrogens (tertiary/aromatic N) is 3. The van der Waals surface area contributed by atoms with E-state index < -0.39 is 42.5 Å². The summed E-state index contributed by atoms with van der Waals surface area (Å²) < 4.78 is 81.9. The lowest BCUT2D eigenvalue weighted by molar-refractivity contribution is -0.128. The van der Waals surface area contributed by atoms with Gasteiger partial charge in [0.25, 0.3) is 0 Å². The zero-order valence-corrected chi connectivity index (χ0v) is 13.0. The van der Waals surface area contributed by atoms with E-state index in [1.165, 1.54) is 30.3 Å². The van der Waals surface area contributed by atoms with Crippen molar-refractivity contribution in [3.05, 3.63) is 59.2 Å². The van der Waals surface area contributed by atoms with Gasteiger partial charge in [0.2, 0.25) is 5.91 Å². The summed E-state index contributed by atoms with van der Waals surface area (Å²) >= 11 is 0. The van der Waals surface area contributed by atoms with Crippen LogP contribution in [0.25, 0.3) is 16.9 Å². The molecule has 0 radical (unpaired) electrons. The fourth-order valence-electron chi connectivity index (χ4n) is 2.10. The summed E-state index contributed by atoms with van der Waals surface area (Å²) in [5.74, 6) is -0.411. The van der Waals surface area contributed by atoms with Gasteiger partial charge in [-0.05, 0) is 25.4 Å². The molecule has 3 aromatic rings. The van der Waals surface area contributed by atoms with E-state index >= 15 is 0 Å². The number of hydrogen-bond donors (Lipinski definition) is 0. The molecule has 2 aromatic heterocycles. The van der Waals surface area contributed by atoms with E-state index in [9.17, 15) is 4.79 Å². The number of benzene rings is 1. The standard InChI is InChI=1S/C19H21N3O/c1-13-5-8-15(9-6-13)19-16(11-18(23)21(3)4)22-12-14(2)7-10-17(22)20-19/h5-10,12H,11H2,1-4H3/i1D3,5D,6D,7D,8D,9D,10D,12D. The van der Waals surface area contributed by atoms with Crippen LogP contribution in [0.15, 0.2) is 42.4 Å². The first-order valence-electron chi connectivity index (χ1n) is 11.9. The average molecular weight is 317 g/mol. The Morgan fingerprint density at radius 3 is 2.57 bits per heavy atom. The van der Waals surface area contributed by atoms with Gasteiger partial charge in [0, 0.05) is 29.9 Å². The zero-order valence-electron chi connectivity index (χ0n) is 23.0. The van der Waals surface area contributed by atoms with Gasteiger partial charge >= 0.3 is 0 Å². The molecule has 0 aliphatic rings. The van der Waals surface area contributed by atoms with Gasteiger partial charge in [-0.2, -0.15) is 0 Å². The summed E-state index contributed by atoms with van der Waals surface area (Å²) in [4.78, 5) is 18.1. The van der Waals surface area contributed by atoms with Crippen molar-refractivity contribution in [2.45, 2.75) is 20.2 Å². The molecule has 1 aromatic carbocycles. The second kappa shape index (κ2) is 5.88. The predicted octanol–water partition coefficient (Wildman–Crippen LogP) is 3.25. The monoisotopic (exact) mass is 317 g/mol. The molecular formula is C19H21N3O. The summed E-state index contributed by atoms with van der Waals surface area (Å²) in [6, 6.07) is -3.42. The fraction of sp³-hybridized carbons (Fsp3) is 0.263.